The largest absolute Gasteiger partial charge is 0.508 e. The van der Waals surface area contributed by atoms with Gasteiger partial charge in [-0.25, -0.2) is 0 Å². The van der Waals surface area contributed by atoms with Gasteiger partial charge in [0.1, 0.15) is 5.75 Å². The molecule has 1 aromatic carbocycles. The zero-order valence-corrected chi connectivity index (χ0v) is 12.2. The van der Waals surface area contributed by atoms with Gasteiger partial charge in [-0.3, -0.25) is 9.59 Å². The Morgan fingerprint density at radius 3 is 2.59 bits per heavy atom. The number of phenols is 1. The molecule has 0 saturated carbocycles. The van der Waals surface area contributed by atoms with Crippen LogP contribution in [0, 0.1) is 0 Å². The standard InChI is InChI=1S/C16H18N2O4/c1-2-12-7-11(8-15(21)18-12)16(22)17-9-14(20)10-3-5-13(19)6-4-10/h3-8,14,19-20H,2,9H2,1H3,(H,17,22)(H,18,21)/t14-/m0/s1. The quantitative estimate of drug-likeness (QED) is 0.664. The molecule has 116 valence electrons. The van der Waals surface area contributed by atoms with Crippen LogP contribution >= 0.6 is 0 Å². The molecule has 22 heavy (non-hydrogen) atoms. The molecule has 1 heterocycles. The highest BCUT2D eigenvalue weighted by molar-refractivity contribution is 5.94. The highest BCUT2D eigenvalue weighted by Gasteiger charge is 2.12. The molecular formula is C16H18N2O4. The molecule has 0 spiro atoms. The van der Waals surface area contributed by atoms with Gasteiger partial charge in [-0.15, -0.1) is 0 Å². The molecule has 2 aromatic rings. The Bertz CT molecular complexity index is 707. The van der Waals surface area contributed by atoms with Crippen molar-refractivity contribution in [1.29, 1.82) is 0 Å². The summed E-state index contributed by atoms with van der Waals surface area (Å²) in [5.74, 6) is -0.311. The average molecular weight is 302 g/mol. The van der Waals surface area contributed by atoms with Crippen molar-refractivity contribution in [3.05, 3.63) is 63.6 Å². The molecule has 0 aliphatic carbocycles. The van der Waals surface area contributed by atoms with E-state index in [1.165, 1.54) is 18.2 Å². The van der Waals surface area contributed by atoms with Gasteiger partial charge in [0, 0.05) is 23.9 Å². The van der Waals surface area contributed by atoms with Crippen molar-refractivity contribution < 1.29 is 15.0 Å². The van der Waals surface area contributed by atoms with Crippen LogP contribution in [0.4, 0.5) is 0 Å². The van der Waals surface area contributed by atoms with E-state index in [-0.39, 0.29) is 23.4 Å². The van der Waals surface area contributed by atoms with Gasteiger partial charge in [0.05, 0.1) is 6.10 Å². The van der Waals surface area contributed by atoms with Crippen molar-refractivity contribution in [2.75, 3.05) is 6.54 Å². The molecule has 0 aliphatic rings. The molecule has 2 rings (SSSR count). The van der Waals surface area contributed by atoms with Crippen molar-refractivity contribution in [2.45, 2.75) is 19.4 Å². The molecule has 6 nitrogen and oxygen atoms in total. The van der Waals surface area contributed by atoms with Gasteiger partial charge < -0.3 is 20.5 Å². The normalized spacial score (nSPS) is 11.9. The maximum atomic E-state index is 12.0. The van der Waals surface area contributed by atoms with E-state index in [1.54, 1.807) is 18.2 Å². The zero-order chi connectivity index (χ0) is 16.1. The maximum Gasteiger partial charge on any atom is 0.251 e. The molecule has 1 amide bonds. The Hall–Kier alpha value is -2.60. The van der Waals surface area contributed by atoms with Crippen LogP contribution in [0.15, 0.2) is 41.2 Å². The molecule has 4 N–H and O–H groups in total. The number of carbonyl (C=O) groups excluding carboxylic acids is 1. The summed E-state index contributed by atoms with van der Waals surface area (Å²) < 4.78 is 0. The first-order valence-corrected chi connectivity index (χ1v) is 6.98. The number of aliphatic hydroxyl groups excluding tert-OH is 1. The Labute approximate surface area is 127 Å². The second-order valence-electron chi connectivity index (χ2n) is 4.93. The minimum atomic E-state index is -0.891. The van der Waals surface area contributed by atoms with Gasteiger partial charge >= 0.3 is 0 Å². The summed E-state index contributed by atoms with van der Waals surface area (Å²) in [6.07, 6.45) is -0.274. The number of H-pyrrole nitrogens is 1. The molecular weight excluding hydrogens is 284 g/mol. The second kappa shape index (κ2) is 6.91. The van der Waals surface area contributed by atoms with E-state index >= 15 is 0 Å². The molecule has 0 radical (unpaired) electrons. The van der Waals surface area contributed by atoms with Crippen LogP contribution in [-0.2, 0) is 6.42 Å². The summed E-state index contributed by atoms with van der Waals surface area (Å²) >= 11 is 0. The Kier molecular flexibility index (Phi) is 4.95. The minimum absolute atomic E-state index is 0.0118. The second-order valence-corrected chi connectivity index (χ2v) is 4.93. The van der Waals surface area contributed by atoms with E-state index in [0.717, 1.165) is 0 Å². The van der Waals surface area contributed by atoms with E-state index in [4.69, 9.17) is 0 Å². The fourth-order valence-electron chi connectivity index (χ4n) is 2.03. The Morgan fingerprint density at radius 2 is 1.95 bits per heavy atom. The van der Waals surface area contributed by atoms with Crippen LogP contribution < -0.4 is 10.9 Å². The molecule has 1 aromatic heterocycles. The number of carbonyl (C=O) groups is 1. The van der Waals surface area contributed by atoms with Crippen LogP contribution in [0.1, 0.15) is 34.6 Å². The highest BCUT2D eigenvalue weighted by atomic mass is 16.3. The Balaban J connectivity index is 2.02. The molecule has 0 aliphatic heterocycles. The van der Waals surface area contributed by atoms with E-state index in [9.17, 15) is 19.8 Å². The van der Waals surface area contributed by atoms with Gasteiger partial charge in [-0.1, -0.05) is 19.1 Å². The van der Waals surface area contributed by atoms with E-state index in [2.05, 4.69) is 10.3 Å². The van der Waals surface area contributed by atoms with E-state index in [1.807, 2.05) is 6.92 Å². The molecule has 0 bridgehead atoms. The fraction of sp³-hybridized carbons (Fsp3) is 0.250. The predicted octanol–water partition coefficient (Wildman–Crippen LogP) is 1.11. The lowest BCUT2D eigenvalue weighted by Crippen LogP contribution is -2.29. The van der Waals surface area contributed by atoms with Crippen molar-refractivity contribution >= 4 is 5.91 Å². The first kappa shape index (κ1) is 15.8. The number of benzene rings is 1. The lowest BCUT2D eigenvalue weighted by molar-refractivity contribution is 0.0916. The van der Waals surface area contributed by atoms with Gasteiger partial charge in [0.2, 0.25) is 5.56 Å². The predicted molar refractivity (Wildman–Crippen MR) is 81.8 cm³/mol. The van der Waals surface area contributed by atoms with Crippen LogP contribution in [0.25, 0.3) is 0 Å². The van der Waals surface area contributed by atoms with Crippen LogP contribution in [0.5, 0.6) is 5.75 Å². The number of nitrogens with one attached hydrogen (secondary N) is 2. The summed E-state index contributed by atoms with van der Waals surface area (Å²) in [7, 11) is 0. The highest BCUT2D eigenvalue weighted by Crippen LogP contribution is 2.16. The first-order chi connectivity index (χ1) is 10.5. The number of aromatic amines is 1. The zero-order valence-electron chi connectivity index (χ0n) is 12.2. The van der Waals surface area contributed by atoms with E-state index < -0.39 is 12.0 Å². The molecule has 0 fully saturated rings. The summed E-state index contributed by atoms with van der Waals surface area (Å²) in [6.45, 7) is 1.89. The lowest BCUT2D eigenvalue weighted by atomic mass is 10.1. The molecule has 1 atom stereocenters. The monoisotopic (exact) mass is 302 g/mol. The van der Waals surface area contributed by atoms with Crippen molar-refractivity contribution in [2.24, 2.45) is 0 Å². The number of aromatic hydroxyl groups is 1. The van der Waals surface area contributed by atoms with Crippen molar-refractivity contribution in [3.8, 4) is 5.75 Å². The number of hydrogen-bond acceptors (Lipinski definition) is 4. The van der Waals surface area contributed by atoms with Crippen molar-refractivity contribution in [3.63, 3.8) is 0 Å². The number of aliphatic hydroxyl groups is 1. The summed E-state index contributed by atoms with van der Waals surface area (Å²) in [5.41, 5.74) is 1.19. The summed E-state index contributed by atoms with van der Waals surface area (Å²) in [5, 5.41) is 21.8. The minimum Gasteiger partial charge on any atom is -0.508 e. The first-order valence-electron chi connectivity index (χ1n) is 6.98. The molecule has 0 saturated heterocycles. The van der Waals surface area contributed by atoms with Gasteiger partial charge in [0.15, 0.2) is 0 Å². The topological polar surface area (TPSA) is 102 Å². The smallest absolute Gasteiger partial charge is 0.251 e. The fourth-order valence-corrected chi connectivity index (χ4v) is 2.03. The third-order valence-electron chi connectivity index (χ3n) is 3.28. The molecule has 0 unspecified atom stereocenters. The summed E-state index contributed by atoms with van der Waals surface area (Å²) in [4.78, 5) is 26.1. The number of aromatic nitrogens is 1. The van der Waals surface area contributed by atoms with Crippen LogP contribution in [-0.4, -0.2) is 27.6 Å². The SMILES string of the molecule is CCc1cc(C(=O)NC[C@H](O)c2ccc(O)cc2)cc(=O)[nH]1. The average Bonchev–Trinajstić information content (AvgIpc) is 2.52. The third kappa shape index (κ3) is 3.95. The van der Waals surface area contributed by atoms with Crippen molar-refractivity contribution in [1.82, 2.24) is 10.3 Å². The van der Waals surface area contributed by atoms with Gasteiger partial charge in [-0.2, -0.15) is 0 Å². The van der Waals surface area contributed by atoms with Crippen LogP contribution in [0.2, 0.25) is 0 Å². The number of amides is 1. The summed E-state index contributed by atoms with van der Waals surface area (Å²) in [6, 6.07) is 8.92. The third-order valence-corrected chi connectivity index (χ3v) is 3.28. The number of pyridine rings is 1. The van der Waals surface area contributed by atoms with Gasteiger partial charge in [-0.05, 0) is 30.2 Å². The maximum absolute atomic E-state index is 12.0. The molecule has 6 heteroatoms. The van der Waals surface area contributed by atoms with Crippen LogP contribution in [0.3, 0.4) is 0 Å². The number of phenolic OH excluding ortho intramolecular Hbond substituents is 1. The number of aryl methyl sites for hydroxylation is 1. The number of rotatable bonds is 5. The number of hydrogen-bond donors (Lipinski definition) is 4. The van der Waals surface area contributed by atoms with Gasteiger partial charge in [0.25, 0.3) is 5.91 Å². The Morgan fingerprint density at radius 1 is 1.27 bits per heavy atom. The van der Waals surface area contributed by atoms with E-state index in [0.29, 0.717) is 17.7 Å². The lowest BCUT2D eigenvalue weighted by Gasteiger charge is -2.12.